The molecule has 0 radical (unpaired) electrons. The van der Waals surface area contributed by atoms with Crippen LogP contribution in [0.2, 0.25) is 0 Å². The van der Waals surface area contributed by atoms with Gasteiger partial charge < -0.3 is 5.73 Å². The molecule has 0 bridgehead atoms. The first kappa shape index (κ1) is 9.36. The molecule has 0 aromatic carbocycles. The number of aromatic nitrogens is 2. The van der Waals surface area contributed by atoms with Gasteiger partial charge in [0.1, 0.15) is 0 Å². The van der Waals surface area contributed by atoms with E-state index in [4.69, 9.17) is 5.73 Å². The maximum atomic E-state index is 11.6. The van der Waals surface area contributed by atoms with Gasteiger partial charge in [-0.1, -0.05) is 4.85 Å². The van der Waals surface area contributed by atoms with E-state index < -0.39 is 18.0 Å². The van der Waals surface area contributed by atoms with Gasteiger partial charge in [0.05, 0.1) is 6.20 Å². The Kier molecular flexibility index (Phi) is 2.13. The van der Waals surface area contributed by atoms with Crippen LogP contribution in [0, 0.1) is 0 Å². The Labute approximate surface area is 69.8 Å². The molecule has 0 aliphatic heterocycles. The van der Waals surface area contributed by atoms with Crippen molar-refractivity contribution in [1.82, 2.24) is 9.94 Å². The molecular formula is C5H4F3N3O2. The summed E-state index contributed by atoms with van der Waals surface area (Å²) in [5.74, 6) is -1.05. The Morgan fingerprint density at radius 1 is 1.62 bits per heavy atom. The average Bonchev–Trinajstić information content (AvgIpc) is 2.31. The van der Waals surface area contributed by atoms with Crippen molar-refractivity contribution in [3.8, 4) is 0 Å². The molecule has 0 atom stereocenters. The molecule has 1 rings (SSSR count). The number of nitrogens with zero attached hydrogens (tertiary/aromatic N) is 2. The molecule has 0 aliphatic carbocycles. The van der Waals surface area contributed by atoms with Crippen molar-refractivity contribution < 1.29 is 22.8 Å². The predicted octanol–water partition coefficient (Wildman–Crippen LogP) is -0.0696. The second-order valence-corrected chi connectivity index (χ2v) is 1.99. The summed E-state index contributed by atoms with van der Waals surface area (Å²) in [6, 6.07) is 1.01. The first-order valence-corrected chi connectivity index (χ1v) is 3.00. The normalized spacial score (nSPS) is 11.3. The van der Waals surface area contributed by atoms with E-state index in [1.807, 2.05) is 0 Å². The number of halogens is 3. The topological polar surface area (TPSA) is 70.1 Å². The average molecular weight is 195 g/mol. The zero-order valence-corrected chi connectivity index (χ0v) is 6.08. The Balaban J connectivity index is 2.89. The number of alkyl halides is 3. The predicted molar refractivity (Wildman–Crippen MR) is 33.4 cm³/mol. The Morgan fingerprint density at radius 2 is 2.23 bits per heavy atom. The van der Waals surface area contributed by atoms with Gasteiger partial charge in [-0.25, -0.2) is 0 Å². The summed E-state index contributed by atoms with van der Waals surface area (Å²) in [6.07, 6.45) is -3.94. The number of primary amides is 1. The quantitative estimate of drug-likeness (QED) is 0.718. The van der Waals surface area contributed by atoms with Gasteiger partial charge >= 0.3 is 6.36 Å². The Bertz CT molecular complexity index is 319. The number of amides is 1. The van der Waals surface area contributed by atoms with Crippen LogP contribution in [0.4, 0.5) is 13.2 Å². The van der Waals surface area contributed by atoms with Gasteiger partial charge in [0.25, 0.3) is 5.91 Å². The first-order valence-electron chi connectivity index (χ1n) is 3.00. The van der Waals surface area contributed by atoms with Gasteiger partial charge in [0.2, 0.25) is 0 Å². The van der Waals surface area contributed by atoms with Gasteiger partial charge in [0.15, 0.2) is 5.69 Å². The van der Waals surface area contributed by atoms with Crippen molar-refractivity contribution in [2.75, 3.05) is 0 Å². The van der Waals surface area contributed by atoms with E-state index in [0.29, 0.717) is 0 Å². The summed E-state index contributed by atoms with van der Waals surface area (Å²) in [4.78, 5) is 13.8. The molecule has 0 fully saturated rings. The summed E-state index contributed by atoms with van der Waals surface area (Å²) in [5.41, 5.74) is 4.26. The largest absolute Gasteiger partial charge is 0.593 e. The SMILES string of the molecule is NC(=O)c1ccnn1OC(F)(F)F. The highest BCUT2D eigenvalue weighted by molar-refractivity contribution is 5.90. The smallest absolute Gasteiger partial charge is 0.364 e. The van der Waals surface area contributed by atoms with E-state index in [1.54, 1.807) is 0 Å². The molecule has 5 nitrogen and oxygen atoms in total. The van der Waals surface area contributed by atoms with Crippen LogP contribution >= 0.6 is 0 Å². The van der Waals surface area contributed by atoms with Crippen LogP contribution in [0.5, 0.6) is 0 Å². The lowest BCUT2D eigenvalue weighted by atomic mass is 10.4. The minimum atomic E-state index is -4.91. The standard InChI is InChI=1S/C5H4F3N3O2/c6-5(7,8)13-11-3(4(9)12)1-2-10-11/h1-2H,(H2,9,12). The molecular weight excluding hydrogens is 191 g/mol. The van der Waals surface area contributed by atoms with Gasteiger partial charge in [-0.05, 0) is 6.07 Å². The maximum absolute atomic E-state index is 11.6. The minimum Gasteiger partial charge on any atom is -0.364 e. The van der Waals surface area contributed by atoms with Gasteiger partial charge in [-0.2, -0.15) is 0 Å². The number of carbonyl (C=O) groups excluding carboxylic acids is 1. The van der Waals surface area contributed by atoms with Gasteiger partial charge in [0, 0.05) is 0 Å². The van der Waals surface area contributed by atoms with Crippen LogP contribution in [-0.4, -0.2) is 22.2 Å². The fourth-order valence-corrected chi connectivity index (χ4v) is 0.638. The van der Waals surface area contributed by atoms with Crippen molar-refractivity contribution in [3.05, 3.63) is 18.0 Å². The molecule has 8 heteroatoms. The second kappa shape index (κ2) is 2.96. The summed E-state index contributed by atoms with van der Waals surface area (Å²) in [5, 5.41) is 3.10. The van der Waals surface area contributed by atoms with Crippen LogP contribution in [0.15, 0.2) is 12.3 Å². The number of hydrogen-bond donors (Lipinski definition) is 1. The van der Waals surface area contributed by atoms with Crippen LogP contribution in [0.1, 0.15) is 10.5 Å². The lowest BCUT2D eigenvalue weighted by Crippen LogP contribution is -2.31. The number of nitrogens with two attached hydrogens (primary N) is 1. The third-order valence-electron chi connectivity index (χ3n) is 1.05. The van der Waals surface area contributed by atoms with Crippen LogP contribution < -0.4 is 10.6 Å². The minimum absolute atomic E-state index is 0.0162. The third-order valence-corrected chi connectivity index (χ3v) is 1.05. The highest BCUT2D eigenvalue weighted by Gasteiger charge is 2.33. The molecule has 0 aliphatic rings. The molecule has 72 valence electrons. The molecule has 0 saturated heterocycles. The summed E-state index contributed by atoms with van der Waals surface area (Å²) >= 11 is 0. The molecule has 13 heavy (non-hydrogen) atoms. The third kappa shape index (κ3) is 2.36. The van der Waals surface area contributed by atoms with E-state index in [0.717, 1.165) is 12.3 Å². The lowest BCUT2D eigenvalue weighted by Gasteiger charge is -2.08. The highest BCUT2D eigenvalue weighted by Crippen LogP contribution is 2.12. The van der Waals surface area contributed by atoms with Crippen molar-refractivity contribution in [2.45, 2.75) is 6.36 Å². The summed E-state index contributed by atoms with van der Waals surface area (Å²) < 4.78 is 34.9. The maximum Gasteiger partial charge on any atom is 0.593 e. The second-order valence-electron chi connectivity index (χ2n) is 1.99. The van der Waals surface area contributed by atoms with Gasteiger partial charge in [-0.15, -0.1) is 18.3 Å². The number of hydrogen-bond acceptors (Lipinski definition) is 3. The fourth-order valence-electron chi connectivity index (χ4n) is 0.638. The number of rotatable bonds is 2. The number of carbonyl (C=O) groups is 1. The van der Waals surface area contributed by atoms with E-state index >= 15 is 0 Å². The monoisotopic (exact) mass is 195 g/mol. The van der Waals surface area contributed by atoms with Crippen molar-refractivity contribution in [3.63, 3.8) is 0 Å². The molecule has 0 unspecified atom stereocenters. The summed E-state index contributed by atoms with van der Waals surface area (Å²) in [6.45, 7) is 0. The lowest BCUT2D eigenvalue weighted by molar-refractivity contribution is -0.328. The van der Waals surface area contributed by atoms with Crippen LogP contribution in [-0.2, 0) is 0 Å². The van der Waals surface area contributed by atoms with E-state index in [9.17, 15) is 18.0 Å². The molecule has 2 N–H and O–H groups in total. The zero-order chi connectivity index (χ0) is 10.1. The van der Waals surface area contributed by atoms with Crippen LogP contribution in [0.25, 0.3) is 0 Å². The highest BCUT2D eigenvalue weighted by atomic mass is 19.4. The van der Waals surface area contributed by atoms with Crippen molar-refractivity contribution in [1.29, 1.82) is 0 Å². The van der Waals surface area contributed by atoms with E-state index in [2.05, 4.69) is 9.94 Å². The Morgan fingerprint density at radius 3 is 2.69 bits per heavy atom. The van der Waals surface area contributed by atoms with Crippen molar-refractivity contribution >= 4 is 5.91 Å². The van der Waals surface area contributed by atoms with Gasteiger partial charge in [-0.3, -0.25) is 9.63 Å². The van der Waals surface area contributed by atoms with E-state index in [-0.39, 0.29) is 4.85 Å². The fraction of sp³-hybridized carbons (Fsp3) is 0.200. The molecule has 0 spiro atoms. The van der Waals surface area contributed by atoms with Crippen LogP contribution in [0.3, 0.4) is 0 Å². The Hall–Kier alpha value is -1.73. The first-order chi connectivity index (χ1) is 5.90. The molecule has 1 aromatic rings. The molecule has 1 amide bonds. The summed E-state index contributed by atoms with van der Waals surface area (Å²) in [7, 11) is 0. The van der Waals surface area contributed by atoms with Crippen molar-refractivity contribution in [2.24, 2.45) is 5.73 Å². The zero-order valence-electron chi connectivity index (χ0n) is 6.08. The van der Waals surface area contributed by atoms with E-state index in [1.165, 1.54) is 0 Å². The molecule has 1 heterocycles. The molecule has 0 saturated carbocycles. The molecule has 1 aromatic heterocycles.